The van der Waals surface area contributed by atoms with E-state index in [4.69, 9.17) is 9.47 Å². The fourth-order valence-corrected chi connectivity index (χ4v) is 4.87. The van der Waals surface area contributed by atoms with Crippen LogP contribution in [0.1, 0.15) is 39.3 Å². The van der Waals surface area contributed by atoms with Crippen LogP contribution in [-0.2, 0) is 24.3 Å². The quantitative estimate of drug-likeness (QED) is 0.209. The van der Waals surface area contributed by atoms with Gasteiger partial charge in [-0.15, -0.1) is 0 Å². The highest BCUT2D eigenvalue weighted by Gasteiger charge is 2.24. The van der Waals surface area contributed by atoms with E-state index in [2.05, 4.69) is 15.0 Å². The molecule has 0 spiro atoms. The highest BCUT2D eigenvalue weighted by Crippen LogP contribution is 2.29. The Bertz CT molecular complexity index is 1870. The van der Waals surface area contributed by atoms with Crippen molar-refractivity contribution in [3.63, 3.8) is 0 Å². The van der Waals surface area contributed by atoms with Gasteiger partial charge in [0.25, 0.3) is 0 Å². The van der Waals surface area contributed by atoms with Crippen LogP contribution in [0.15, 0.2) is 54.7 Å². The van der Waals surface area contributed by atoms with E-state index >= 15 is 8.78 Å². The molecule has 3 heterocycles. The number of aromatic carboxylic acids is 1. The number of rotatable bonds is 9. The first-order valence-electron chi connectivity index (χ1n) is 13.4. The van der Waals surface area contributed by atoms with Crippen LogP contribution >= 0.6 is 0 Å². The number of fused-ring (bicyclic) bond motifs is 1. The molecule has 0 aliphatic carbocycles. The van der Waals surface area contributed by atoms with E-state index in [1.807, 2.05) is 0 Å². The zero-order valence-electron chi connectivity index (χ0n) is 22.8. The van der Waals surface area contributed by atoms with Crippen LogP contribution in [-0.4, -0.2) is 43.3 Å². The highest BCUT2D eigenvalue weighted by molar-refractivity contribution is 5.92. The minimum Gasteiger partial charge on any atom is -0.478 e. The summed E-state index contributed by atoms with van der Waals surface area (Å²) in [6.07, 6.45) is 1.94. The standard InChI is InChI=1S/C31H24F4N4O4/c1-16-8-23(33)19(10-22(16)32)15-43-31-36-6-4-26(38-31)21-13-24(34)18(9-25(21)35)12-29-37-27-3-2-17(30(40)41)11-28(27)39(29)14-20-5-7-42-20/h2-4,6,8-11,13,20H,5,7,12,14-15H2,1H3,(H,40,41)/t20-/m0/s1. The molecule has 43 heavy (non-hydrogen) atoms. The number of aryl methyl sites for hydroxylation is 1. The summed E-state index contributed by atoms with van der Waals surface area (Å²) in [4.78, 5) is 24.2. The summed E-state index contributed by atoms with van der Waals surface area (Å²) in [5.41, 5.74) is 1.19. The third-order valence-corrected chi connectivity index (χ3v) is 7.33. The van der Waals surface area contributed by atoms with Gasteiger partial charge in [-0.25, -0.2) is 32.3 Å². The maximum Gasteiger partial charge on any atom is 0.335 e. The molecular formula is C31H24F4N4O4. The lowest BCUT2D eigenvalue weighted by atomic mass is 10.0. The molecule has 0 bridgehead atoms. The van der Waals surface area contributed by atoms with E-state index in [-0.39, 0.29) is 58.7 Å². The molecule has 2 aromatic heterocycles. The number of imidazole rings is 1. The molecule has 1 aliphatic rings. The van der Waals surface area contributed by atoms with Gasteiger partial charge in [-0.2, -0.15) is 4.98 Å². The SMILES string of the molecule is Cc1cc(F)c(COc2nccc(-c3cc(F)c(Cc4nc5ccc(C(=O)O)cc5n4C[C@@H]4CCO4)cc3F)n2)cc1F. The summed E-state index contributed by atoms with van der Waals surface area (Å²) >= 11 is 0. The maximum atomic E-state index is 15.4. The number of carboxylic acids is 1. The van der Waals surface area contributed by atoms with Crippen molar-refractivity contribution in [1.82, 2.24) is 19.5 Å². The number of ether oxygens (including phenoxy) is 2. The van der Waals surface area contributed by atoms with Crippen LogP contribution in [0.4, 0.5) is 17.6 Å². The van der Waals surface area contributed by atoms with E-state index in [0.29, 0.717) is 30.0 Å². The zero-order chi connectivity index (χ0) is 30.2. The minimum absolute atomic E-state index is 0.0269. The van der Waals surface area contributed by atoms with Crippen molar-refractivity contribution in [3.05, 3.63) is 106 Å². The summed E-state index contributed by atoms with van der Waals surface area (Å²) in [5, 5.41) is 9.44. The number of halogens is 4. The maximum absolute atomic E-state index is 15.4. The number of nitrogens with zero attached hydrogens (tertiary/aromatic N) is 4. The van der Waals surface area contributed by atoms with E-state index in [1.165, 1.54) is 31.3 Å². The van der Waals surface area contributed by atoms with Crippen LogP contribution in [0.2, 0.25) is 0 Å². The van der Waals surface area contributed by atoms with Crippen LogP contribution < -0.4 is 4.74 Å². The Hall–Kier alpha value is -4.84. The van der Waals surface area contributed by atoms with E-state index in [9.17, 15) is 18.7 Å². The average molecular weight is 593 g/mol. The topological polar surface area (TPSA) is 99.4 Å². The lowest BCUT2D eigenvalue weighted by Gasteiger charge is -2.27. The molecule has 0 saturated carbocycles. The van der Waals surface area contributed by atoms with Gasteiger partial charge in [0.1, 0.15) is 35.7 Å². The van der Waals surface area contributed by atoms with Crippen molar-refractivity contribution in [1.29, 1.82) is 0 Å². The smallest absolute Gasteiger partial charge is 0.335 e. The molecule has 0 radical (unpaired) electrons. The van der Waals surface area contributed by atoms with Gasteiger partial charge in [0.2, 0.25) is 0 Å². The Morgan fingerprint density at radius 3 is 2.51 bits per heavy atom. The molecule has 1 aliphatic heterocycles. The molecule has 8 nitrogen and oxygen atoms in total. The second-order valence-electron chi connectivity index (χ2n) is 10.2. The number of carbonyl (C=O) groups is 1. The van der Waals surface area contributed by atoms with Crippen molar-refractivity contribution in [2.45, 2.75) is 39.0 Å². The fourth-order valence-electron chi connectivity index (χ4n) is 4.87. The van der Waals surface area contributed by atoms with Gasteiger partial charge in [-0.05, 0) is 73.0 Å². The second-order valence-corrected chi connectivity index (χ2v) is 10.2. The molecule has 5 aromatic rings. The first-order chi connectivity index (χ1) is 20.7. The van der Waals surface area contributed by atoms with Gasteiger partial charge in [-0.1, -0.05) is 0 Å². The first-order valence-corrected chi connectivity index (χ1v) is 13.4. The van der Waals surface area contributed by atoms with E-state index in [0.717, 1.165) is 30.7 Å². The predicted octanol–water partition coefficient (Wildman–Crippen LogP) is 6.02. The number of benzene rings is 3. The zero-order valence-corrected chi connectivity index (χ0v) is 22.8. The van der Waals surface area contributed by atoms with Crippen molar-refractivity contribution < 1.29 is 36.9 Å². The molecule has 1 N–H and O–H groups in total. The van der Waals surface area contributed by atoms with Gasteiger partial charge < -0.3 is 19.1 Å². The third-order valence-electron chi connectivity index (χ3n) is 7.33. The summed E-state index contributed by atoms with van der Waals surface area (Å²) in [6, 6.07) is 9.80. The molecule has 12 heteroatoms. The van der Waals surface area contributed by atoms with Gasteiger partial charge in [0.15, 0.2) is 0 Å². The Kier molecular flexibility index (Phi) is 7.53. The van der Waals surface area contributed by atoms with Crippen molar-refractivity contribution >= 4 is 17.0 Å². The lowest BCUT2D eigenvalue weighted by Crippen LogP contribution is -2.31. The fraction of sp³-hybridized carbons (Fsp3) is 0.226. The van der Waals surface area contributed by atoms with Crippen molar-refractivity contribution in [2.75, 3.05) is 6.61 Å². The highest BCUT2D eigenvalue weighted by atomic mass is 19.1. The summed E-state index contributed by atoms with van der Waals surface area (Å²) in [7, 11) is 0. The van der Waals surface area contributed by atoms with Crippen LogP contribution in [0.5, 0.6) is 6.01 Å². The van der Waals surface area contributed by atoms with Crippen LogP contribution in [0.25, 0.3) is 22.3 Å². The normalized spacial score (nSPS) is 14.6. The first kappa shape index (κ1) is 28.3. The molecule has 6 rings (SSSR count). The monoisotopic (exact) mass is 592 g/mol. The molecular weight excluding hydrogens is 568 g/mol. The van der Waals surface area contributed by atoms with Crippen LogP contribution in [0, 0.1) is 30.2 Å². The third kappa shape index (κ3) is 5.78. The molecule has 220 valence electrons. The van der Waals surface area contributed by atoms with Gasteiger partial charge in [0.05, 0.1) is 34.9 Å². The van der Waals surface area contributed by atoms with Crippen molar-refractivity contribution in [3.8, 4) is 17.3 Å². The van der Waals surface area contributed by atoms with E-state index in [1.54, 1.807) is 10.6 Å². The average Bonchev–Trinajstić information content (AvgIpc) is 3.29. The number of carboxylic acid groups (broad SMARTS) is 1. The minimum atomic E-state index is -1.09. The summed E-state index contributed by atoms with van der Waals surface area (Å²) < 4.78 is 71.6. The molecule has 1 atom stereocenters. The Labute approximate surface area is 242 Å². The Balaban J connectivity index is 1.27. The van der Waals surface area contributed by atoms with E-state index < -0.39 is 29.2 Å². The largest absolute Gasteiger partial charge is 0.478 e. The number of hydrogen-bond acceptors (Lipinski definition) is 6. The molecule has 0 unspecified atom stereocenters. The van der Waals surface area contributed by atoms with Gasteiger partial charge in [0, 0.05) is 30.4 Å². The van der Waals surface area contributed by atoms with Gasteiger partial charge >= 0.3 is 12.0 Å². The lowest BCUT2D eigenvalue weighted by molar-refractivity contribution is -0.0589. The van der Waals surface area contributed by atoms with Gasteiger partial charge in [-0.3, -0.25) is 0 Å². The number of hydrogen-bond donors (Lipinski definition) is 1. The molecule has 1 fully saturated rings. The predicted molar refractivity (Wildman–Crippen MR) is 147 cm³/mol. The second kappa shape index (κ2) is 11.4. The summed E-state index contributed by atoms with van der Waals surface area (Å²) in [5.74, 6) is -3.38. The Morgan fingerprint density at radius 2 is 1.77 bits per heavy atom. The molecule has 1 saturated heterocycles. The Morgan fingerprint density at radius 1 is 1.00 bits per heavy atom. The summed E-state index contributed by atoms with van der Waals surface area (Å²) in [6.45, 7) is 2.07. The molecule has 3 aromatic carbocycles. The van der Waals surface area contributed by atoms with Crippen LogP contribution in [0.3, 0.4) is 0 Å². The molecule has 0 amide bonds. The van der Waals surface area contributed by atoms with Crippen molar-refractivity contribution in [2.24, 2.45) is 0 Å². The number of aromatic nitrogens is 4.